The number of nitrogens with zero attached hydrogens (tertiary/aromatic N) is 1. The first kappa shape index (κ1) is 13.2. The number of benzene rings is 1. The summed E-state index contributed by atoms with van der Waals surface area (Å²) in [7, 11) is 0. The Morgan fingerprint density at radius 1 is 1.33 bits per heavy atom. The normalized spacial score (nSPS) is 12.6. The topological polar surface area (TPSA) is 24.9 Å². The summed E-state index contributed by atoms with van der Waals surface area (Å²) in [6.07, 6.45) is 1.14. The molecule has 0 saturated heterocycles. The second kappa shape index (κ2) is 6.12. The fourth-order valence-electron chi connectivity index (χ4n) is 2.09. The van der Waals surface area contributed by atoms with Gasteiger partial charge < -0.3 is 5.32 Å². The second-order valence-corrected chi connectivity index (χ2v) is 5.49. The first-order chi connectivity index (χ1) is 8.72. The van der Waals surface area contributed by atoms with Crippen LogP contribution in [-0.4, -0.2) is 11.5 Å². The first-order valence-electron chi connectivity index (χ1n) is 6.42. The van der Waals surface area contributed by atoms with Crippen LogP contribution in [0.2, 0.25) is 0 Å². The molecule has 0 saturated carbocycles. The minimum absolute atomic E-state index is 0.275. The molecule has 2 nitrogen and oxygen atoms in total. The van der Waals surface area contributed by atoms with Gasteiger partial charge in [0.1, 0.15) is 0 Å². The van der Waals surface area contributed by atoms with E-state index in [9.17, 15) is 0 Å². The van der Waals surface area contributed by atoms with Crippen LogP contribution < -0.4 is 5.32 Å². The molecule has 3 heteroatoms. The van der Waals surface area contributed by atoms with Gasteiger partial charge in [0.2, 0.25) is 0 Å². The van der Waals surface area contributed by atoms with Crippen LogP contribution in [0.4, 0.5) is 0 Å². The Morgan fingerprint density at radius 2 is 2.17 bits per heavy atom. The fraction of sp³-hybridized carbons (Fsp3) is 0.400. The summed E-state index contributed by atoms with van der Waals surface area (Å²) in [6.45, 7) is 7.44. The van der Waals surface area contributed by atoms with E-state index in [0.29, 0.717) is 0 Å². The van der Waals surface area contributed by atoms with E-state index in [1.54, 1.807) is 11.3 Å². The number of hydrogen-bond donors (Lipinski definition) is 1. The highest BCUT2D eigenvalue weighted by molar-refractivity contribution is 7.09. The van der Waals surface area contributed by atoms with Crippen LogP contribution in [0.25, 0.3) is 0 Å². The molecule has 1 N–H and O–H groups in total. The number of nitrogens with one attached hydrogen (secondary N) is 1. The smallest absolute Gasteiger partial charge is 0.0798 e. The third-order valence-corrected chi connectivity index (χ3v) is 4.01. The van der Waals surface area contributed by atoms with E-state index in [1.807, 2.05) is 5.51 Å². The minimum Gasteiger partial charge on any atom is -0.306 e. The lowest BCUT2D eigenvalue weighted by Gasteiger charge is -2.18. The van der Waals surface area contributed by atoms with Crippen molar-refractivity contribution in [1.29, 1.82) is 0 Å². The van der Waals surface area contributed by atoms with Gasteiger partial charge in [0.05, 0.1) is 17.2 Å². The standard InChI is InChI=1S/C15H20N2S/c1-4-8-16-14(15-12(3)17-10-18-15)13-7-5-6-11(2)9-13/h5-7,9-10,14,16H,4,8H2,1-3H3. The second-order valence-electron chi connectivity index (χ2n) is 4.60. The number of aromatic nitrogens is 1. The van der Waals surface area contributed by atoms with Crippen molar-refractivity contribution >= 4 is 11.3 Å². The monoisotopic (exact) mass is 260 g/mol. The van der Waals surface area contributed by atoms with E-state index in [1.165, 1.54) is 16.0 Å². The third-order valence-electron chi connectivity index (χ3n) is 3.02. The summed E-state index contributed by atoms with van der Waals surface area (Å²) in [6, 6.07) is 8.99. The van der Waals surface area contributed by atoms with Gasteiger partial charge in [0.15, 0.2) is 0 Å². The van der Waals surface area contributed by atoms with Crippen molar-refractivity contribution in [3.8, 4) is 0 Å². The molecule has 0 spiro atoms. The SMILES string of the molecule is CCCNC(c1cccc(C)c1)c1scnc1C. The Labute approximate surface area is 113 Å². The molecule has 0 radical (unpaired) electrons. The first-order valence-corrected chi connectivity index (χ1v) is 7.30. The number of rotatable bonds is 5. The van der Waals surface area contributed by atoms with Gasteiger partial charge in [-0.25, -0.2) is 4.98 Å². The van der Waals surface area contributed by atoms with Crippen molar-refractivity contribution in [2.75, 3.05) is 6.54 Å². The Hall–Kier alpha value is -1.19. The Kier molecular flexibility index (Phi) is 4.50. The molecule has 0 aliphatic carbocycles. The zero-order chi connectivity index (χ0) is 13.0. The lowest BCUT2D eigenvalue weighted by molar-refractivity contribution is 0.602. The van der Waals surface area contributed by atoms with E-state index < -0.39 is 0 Å². The summed E-state index contributed by atoms with van der Waals surface area (Å²) < 4.78 is 0. The molecule has 2 aromatic rings. The van der Waals surface area contributed by atoms with Gasteiger partial charge in [0.25, 0.3) is 0 Å². The molecule has 0 aliphatic heterocycles. The van der Waals surface area contributed by atoms with Gasteiger partial charge in [-0.2, -0.15) is 0 Å². The molecule has 1 atom stereocenters. The lowest BCUT2D eigenvalue weighted by Crippen LogP contribution is -2.23. The molecule has 1 aromatic heterocycles. The number of thiazole rings is 1. The van der Waals surface area contributed by atoms with E-state index in [4.69, 9.17) is 0 Å². The average Bonchev–Trinajstić information content (AvgIpc) is 2.77. The Morgan fingerprint density at radius 3 is 2.78 bits per heavy atom. The molecule has 2 rings (SSSR count). The molecular weight excluding hydrogens is 240 g/mol. The highest BCUT2D eigenvalue weighted by atomic mass is 32.1. The van der Waals surface area contributed by atoms with Crippen molar-refractivity contribution in [1.82, 2.24) is 10.3 Å². The molecule has 0 bridgehead atoms. The molecule has 1 heterocycles. The van der Waals surface area contributed by atoms with Crippen molar-refractivity contribution in [2.45, 2.75) is 33.2 Å². The van der Waals surface area contributed by atoms with Gasteiger partial charge in [-0.3, -0.25) is 0 Å². The molecular formula is C15H20N2S. The predicted molar refractivity (Wildman–Crippen MR) is 78.2 cm³/mol. The van der Waals surface area contributed by atoms with Gasteiger partial charge in [-0.15, -0.1) is 11.3 Å². The molecule has 0 amide bonds. The molecule has 0 aliphatic rings. The predicted octanol–water partition coefficient (Wildman–Crippen LogP) is 3.85. The van der Waals surface area contributed by atoms with Crippen LogP contribution in [0.1, 0.15) is 41.1 Å². The fourth-order valence-corrected chi connectivity index (χ4v) is 2.99. The summed E-state index contributed by atoms with van der Waals surface area (Å²) in [5.41, 5.74) is 5.70. The minimum atomic E-state index is 0.275. The van der Waals surface area contributed by atoms with Gasteiger partial charge >= 0.3 is 0 Å². The number of aryl methyl sites for hydroxylation is 2. The van der Waals surface area contributed by atoms with Crippen molar-refractivity contribution in [3.05, 3.63) is 51.5 Å². The van der Waals surface area contributed by atoms with Crippen molar-refractivity contribution in [3.63, 3.8) is 0 Å². The van der Waals surface area contributed by atoms with Crippen LogP contribution in [-0.2, 0) is 0 Å². The highest BCUT2D eigenvalue weighted by Crippen LogP contribution is 2.28. The quantitative estimate of drug-likeness (QED) is 0.883. The van der Waals surface area contributed by atoms with E-state index in [-0.39, 0.29) is 6.04 Å². The van der Waals surface area contributed by atoms with Crippen LogP contribution in [0.5, 0.6) is 0 Å². The van der Waals surface area contributed by atoms with Crippen LogP contribution in [0.15, 0.2) is 29.8 Å². The lowest BCUT2D eigenvalue weighted by atomic mass is 10.0. The van der Waals surface area contributed by atoms with Gasteiger partial charge in [-0.1, -0.05) is 36.8 Å². The van der Waals surface area contributed by atoms with E-state index >= 15 is 0 Å². The maximum Gasteiger partial charge on any atom is 0.0798 e. The van der Waals surface area contributed by atoms with Gasteiger partial charge in [-0.05, 0) is 32.4 Å². The molecule has 1 aromatic carbocycles. The zero-order valence-electron chi connectivity index (χ0n) is 11.2. The highest BCUT2D eigenvalue weighted by Gasteiger charge is 2.17. The van der Waals surface area contributed by atoms with Crippen LogP contribution in [0, 0.1) is 13.8 Å². The largest absolute Gasteiger partial charge is 0.306 e. The van der Waals surface area contributed by atoms with Gasteiger partial charge in [0, 0.05) is 4.88 Å². The molecule has 0 fully saturated rings. The Balaban J connectivity index is 2.33. The van der Waals surface area contributed by atoms with Crippen LogP contribution >= 0.6 is 11.3 Å². The molecule has 18 heavy (non-hydrogen) atoms. The Bertz CT molecular complexity index is 505. The molecule has 1 unspecified atom stereocenters. The molecule has 96 valence electrons. The number of hydrogen-bond acceptors (Lipinski definition) is 3. The maximum atomic E-state index is 4.37. The van der Waals surface area contributed by atoms with Crippen LogP contribution in [0.3, 0.4) is 0 Å². The van der Waals surface area contributed by atoms with Crippen molar-refractivity contribution in [2.24, 2.45) is 0 Å². The van der Waals surface area contributed by atoms with Crippen molar-refractivity contribution < 1.29 is 0 Å². The summed E-state index contributed by atoms with van der Waals surface area (Å²) in [4.78, 5) is 5.70. The maximum absolute atomic E-state index is 4.37. The summed E-state index contributed by atoms with van der Waals surface area (Å²) >= 11 is 1.74. The van der Waals surface area contributed by atoms with E-state index in [2.05, 4.69) is 55.3 Å². The third kappa shape index (κ3) is 2.98. The summed E-state index contributed by atoms with van der Waals surface area (Å²) in [5.74, 6) is 0. The zero-order valence-corrected chi connectivity index (χ0v) is 12.1. The summed E-state index contributed by atoms with van der Waals surface area (Å²) in [5, 5.41) is 3.63. The average molecular weight is 260 g/mol. The van der Waals surface area contributed by atoms with E-state index in [0.717, 1.165) is 18.7 Å².